The standard InChI is InChI=1S/C14H21NO5/c1-10-9-15(6-4-5-7-16)11(8-12(17)19-2)13(10)14(18)20-3/h9,16H,4-8H2,1-3H3. The quantitative estimate of drug-likeness (QED) is 0.598. The van der Waals surface area contributed by atoms with Crippen LogP contribution in [-0.2, 0) is 27.2 Å². The molecule has 6 heteroatoms. The largest absolute Gasteiger partial charge is 0.469 e. The topological polar surface area (TPSA) is 77.8 Å². The van der Waals surface area contributed by atoms with Gasteiger partial charge in [0, 0.05) is 25.0 Å². The number of hydrogen-bond acceptors (Lipinski definition) is 5. The van der Waals surface area contributed by atoms with Crippen molar-refractivity contribution in [1.82, 2.24) is 4.57 Å². The van der Waals surface area contributed by atoms with Gasteiger partial charge in [0.05, 0.1) is 26.2 Å². The van der Waals surface area contributed by atoms with Crippen molar-refractivity contribution in [2.24, 2.45) is 0 Å². The van der Waals surface area contributed by atoms with Gasteiger partial charge in [0.15, 0.2) is 0 Å². The van der Waals surface area contributed by atoms with Gasteiger partial charge in [-0.25, -0.2) is 4.79 Å². The van der Waals surface area contributed by atoms with Gasteiger partial charge >= 0.3 is 11.9 Å². The molecule has 0 saturated carbocycles. The number of aryl methyl sites for hydroxylation is 2. The first-order valence-corrected chi connectivity index (χ1v) is 6.49. The highest BCUT2D eigenvalue weighted by atomic mass is 16.5. The average molecular weight is 283 g/mol. The lowest BCUT2D eigenvalue weighted by atomic mass is 10.1. The number of ether oxygens (including phenoxy) is 2. The zero-order valence-corrected chi connectivity index (χ0v) is 12.1. The van der Waals surface area contributed by atoms with Crippen molar-refractivity contribution in [2.45, 2.75) is 32.7 Å². The summed E-state index contributed by atoms with van der Waals surface area (Å²) in [7, 11) is 2.62. The first-order valence-electron chi connectivity index (χ1n) is 6.49. The Hall–Kier alpha value is -1.82. The third kappa shape index (κ3) is 3.84. The fraction of sp³-hybridized carbons (Fsp3) is 0.571. The van der Waals surface area contributed by atoms with Crippen LogP contribution < -0.4 is 0 Å². The van der Waals surface area contributed by atoms with Crippen molar-refractivity contribution >= 4 is 11.9 Å². The molecular formula is C14H21NO5. The number of methoxy groups -OCH3 is 2. The van der Waals surface area contributed by atoms with E-state index in [9.17, 15) is 9.59 Å². The Bertz CT molecular complexity index is 478. The first-order chi connectivity index (χ1) is 9.54. The van der Waals surface area contributed by atoms with E-state index in [1.807, 2.05) is 10.8 Å². The first kappa shape index (κ1) is 16.2. The number of esters is 2. The van der Waals surface area contributed by atoms with Crippen molar-refractivity contribution < 1.29 is 24.2 Å². The highest BCUT2D eigenvalue weighted by Gasteiger charge is 2.22. The molecule has 1 aromatic heterocycles. The van der Waals surface area contributed by atoms with Crippen molar-refractivity contribution in [1.29, 1.82) is 0 Å². The van der Waals surface area contributed by atoms with E-state index < -0.39 is 11.9 Å². The van der Waals surface area contributed by atoms with Crippen molar-refractivity contribution in [3.8, 4) is 0 Å². The summed E-state index contributed by atoms with van der Waals surface area (Å²) in [6.07, 6.45) is 3.28. The molecule has 0 fully saturated rings. The molecule has 0 aliphatic rings. The second-order valence-electron chi connectivity index (χ2n) is 4.50. The number of aromatic nitrogens is 1. The molecule has 1 rings (SSSR count). The van der Waals surface area contributed by atoms with Gasteiger partial charge in [0.25, 0.3) is 0 Å². The fourth-order valence-electron chi connectivity index (χ4n) is 2.12. The van der Waals surface area contributed by atoms with Crippen LogP contribution in [0.15, 0.2) is 6.20 Å². The summed E-state index contributed by atoms with van der Waals surface area (Å²) in [5.41, 5.74) is 1.78. The van der Waals surface area contributed by atoms with Crippen LogP contribution in [0.4, 0.5) is 0 Å². The second kappa shape index (κ2) is 7.69. The van der Waals surface area contributed by atoms with E-state index in [1.54, 1.807) is 6.92 Å². The molecule has 20 heavy (non-hydrogen) atoms. The minimum Gasteiger partial charge on any atom is -0.469 e. The summed E-state index contributed by atoms with van der Waals surface area (Å²) in [6, 6.07) is 0. The van der Waals surface area contributed by atoms with Gasteiger partial charge < -0.3 is 19.1 Å². The molecule has 0 aromatic carbocycles. The van der Waals surface area contributed by atoms with Gasteiger partial charge in [0.2, 0.25) is 0 Å². The minimum absolute atomic E-state index is 0.0217. The Morgan fingerprint density at radius 1 is 1.25 bits per heavy atom. The smallest absolute Gasteiger partial charge is 0.339 e. The van der Waals surface area contributed by atoms with E-state index in [-0.39, 0.29) is 13.0 Å². The number of unbranched alkanes of at least 4 members (excludes halogenated alkanes) is 1. The van der Waals surface area contributed by atoms with Gasteiger partial charge in [-0.1, -0.05) is 0 Å². The molecule has 0 bridgehead atoms. The van der Waals surface area contributed by atoms with E-state index >= 15 is 0 Å². The number of rotatable bonds is 7. The Balaban J connectivity index is 3.09. The minimum atomic E-state index is -0.456. The molecule has 1 heterocycles. The molecule has 1 N–H and O–H groups in total. The summed E-state index contributed by atoms with van der Waals surface area (Å²) < 4.78 is 11.3. The van der Waals surface area contributed by atoms with Crippen molar-refractivity contribution in [2.75, 3.05) is 20.8 Å². The van der Waals surface area contributed by atoms with E-state index in [0.29, 0.717) is 24.2 Å². The summed E-state index contributed by atoms with van der Waals surface area (Å²) in [4.78, 5) is 23.3. The van der Waals surface area contributed by atoms with Crippen LogP contribution in [0.25, 0.3) is 0 Å². The van der Waals surface area contributed by atoms with Crippen LogP contribution in [0.3, 0.4) is 0 Å². The molecule has 0 spiro atoms. The molecule has 0 unspecified atom stereocenters. The summed E-state index contributed by atoms with van der Waals surface area (Å²) in [6.45, 7) is 2.55. The predicted octanol–water partition coefficient (Wildman–Crippen LogP) is 1.07. The number of aliphatic hydroxyl groups excluding tert-OH is 1. The maximum absolute atomic E-state index is 11.8. The van der Waals surface area contributed by atoms with Gasteiger partial charge in [-0.2, -0.15) is 0 Å². The lowest BCUT2D eigenvalue weighted by Gasteiger charge is -2.10. The zero-order valence-electron chi connectivity index (χ0n) is 12.1. The summed E-state index contributed by atoms with van der Waals surface area (Å²) in [5, 5.41) is 8.83. The lowest BCUT2D eigenvalue weighted by Crippen LogP contribution is -2.15. The Morgan fingerprint density at radius 3 is 2.50 bits per heavy atom. The Morgan fingerprint density at radius 2 is 1.95 bits per heavy atom. The van der Waals surface area contributed by atoms with Gasteiger partial charge in [-0.3, -0.25) is 4.79 Å². The number of hydrogen-bond donors (Lipinski definition) is 1. The van der Waals surface area contributed by atoms with Crippen LogP contribution in [-0.4, -0.2) is 42.4 Å². The SMILES string of the molecule is COC(=O)Cc1c(C(=O)OC)c(C)cn1CCCCO. The molecule has 0 amide bonds. The molecule has 0 radical (unpaired) electrons. The molecule has 6 nitrogen and oxygen atoms in total. The maximum Gasteiger partial charge on any atom is 0.339 e. The van der Waals surface area contributed by atoms with Crippen LogP contribution >= 0.6 is 0 Å². The maximum atomic E-state index is 11.8. The number of aliphatic hydroxyl groups is 1. The van der Waals surface area contributed by atoms with E-state index in [0.717, 1.165) is 12.0 Å². The number of carbonyl (C=O) groups excluding carboxylic acids is 2. The summed E-state index contributed by atoms with van der Waals surface area (Å²) >= 11 is 0. The highest BCUT2D eigenvalue weighted by Crippen LogP contribution is 2.20. The molecule has 0 saturated heterocycles. The van der Waals surface area contributed by atoms with Crippen LogP contribution in [0.1, 0.15) is 34.5 Å². The van der Waals surface area contributed by atoms with Crippen molar-refractivity contribution in [3.05, 3.63) is 23.0 Å². The van der Waals surface area contributed by atoms with Gasteiger partial charge in [-0.15, -0.1) is 0 Å². The number of nitrogens with zero attached hydrogens (tertiary/aromatic N) is 1. The molecule has 0 atom stereocenters. The monoisotopic (exact) mass is 283 g/mol. The normalized spacial score (nSPS) is 10.4. The number of carbonyl (C=O) groups is 2. The van der Waals surface area contributed by atoms with Crippen LogP contribution in [0.5, 0.6) is 0 Å². The third-order valence-corrected chi connectivity index (χ3v) is 3.12. The third-order valence-electron chi connectivity index (χ3n) is 3.12. The molecule has 0 aliphatic carbocycles. The van der Waals surface area contributed by atoms with E-state index in [2.05, 4.69) is 4.74 Å². The van der Waals surface area contributed by atoms with Crippen LogP contribution in [0.2, 0.25) is 0 Å². The van der Waals surface area contributed by atoms with Crippen LogP contribution in [0, 0.1) is 6.92 Å². The highest BCUT2D eigenvalue weighted by molar-refractivity contribution is 5.93. The predicted molar refractivity (Wildman–Crippen MR) is 72.5 cm³/mol. The molecule has 112 valence electrons. The Kier molecular flexibility index (Phi) is 6.24. The van der Waals surface area contributed by atoms with E-state index in [1.165, 1.54) is 14.2 Å². The van der Waals surface area contributed by atoms with E-state index in [4.69, 9.17) is 9.84 Å². The van der Waals surface area contributed by atoms with Gasteiger partial charge in [-0.05, 0) is 25.3 Å². The molecule has 1 aromatic rings. The molecule has 0 aliphatic heterocycles. The zero-order chi connectivity index (χ0) is 15.1. The lowest BCUT2D eigenvalue weighted by molar-refractivity contribution is -0.139. The van der Waals surface area contributed by atoms with Gasteiger partial charge in [0.1, 0.15) is 0 Å². The fourth-order valence-corrected chi connectivity index (χ4v) is 2.12. The van der Waals surface area contributed by atoms with Crippen molar-refractivity contribution in [3.63, 3.8) is 0 Å². The molecular weight excluding hydrogens is 262 g/mol. The second-order valence-corrected chi connectivity index (χ2v) is 4.50. The average Bonchev–Trinajstić information content (AvgIpc) is 2.74. The summed E-state index contributed by atoms with van der Waals surface area (Å²) in [5.74, 6) is -0.862. The Labute approximate surface area is 118 Å².